The molecule has 1 aliphatic heterocycles. The molecule has 0 aliphatic carbocycles. The van der Waals surface area contributed by atoms with E-state index in [0.29, 0.717) is 17.7 Å². The van der Waals surface area contributed by atoms with Crippen LogP contribution in [0.2, 0.25) is 10.4 Å². The Balaban J connectivity index is 1.91. The predicted molar refractivity (Wildman–Crippen MR) is 103 cm³/mol. The Kier molecular flexibility index (Phi) is 5.79. The molecule has 3 heterocycles. The number of ether oxygens (including phenoxy) is 1. The lowest BCUT2D eigenvalue weighted by molar-refractivity contribution is 0.00701. The van der Waals surface area contributed by atoms with Gasteiger partial charge in [-0.2, -0.15) is 4.98 Å². The summed E-state index contributed by atoms with van der Waals surface area (Å²) in [5, 5.41) is 9.69. The minimum absolute atomic E-state index is 0.0369. The van der Waals surface area contributed by atoms with Crippen LogP contribution in [0.1, 0.15) is 20.8 Å². The van der Waals surface area contributed by atoms with E-state index in [-0.39, 0.29) is 35.6 Å². The average molecular weight is 432 g/mol. The highest BCUT2D eigenvalue weighted by molar-refractivity contribution is 6.30. The number of fused-ring (bicyclic) bond motifs is 1. The number of rotatable bonds is 2. The fraction of sp³-hybridized carbons (Fsp3) is 0.529. The molecule has 0 saturated carbocycles. The van der Waals surface area contributed by atoms with Crippen LogP contribution >= 0.6 is 23.2 Å². The third kappa shape index (κ3) is 4.21. The molecule has 1 N–H and O–H groups in total. The Morgan fingerprint density at radius 3 is 2.71 bits per heavy atom. The van der Waals surface area contributed by atoms with Gasteiger partial charge in [0.2, 0.25) is 5.28 Å². The summed E-state index contributed by atoms with van der Waals surface area (Å²) in [6, 6.07) is -0.530. The minimum atomic E-state index is -0.782. The molecule has 0 aromatic carbocycles. The van der Waals surface area contributed by atoms with E-state index in [1.165, 1.54) is 11.1 Å². The quantitative estimate of drug-likeness (QED) is 0.577. The smallest absolute Gasteiger partial charge is 0.410 e. The molecule has 0 radical (unpaired) electrons. The Labute approximate surface area is 171 Å². The molecule has 3 rings (SSSR count). The van der Waals surface area contributed by atoms with Gasteiger partial charge in [0.1, 0.15) is 16.9 Å². The zero-order valence-corrected chi connectivity index (χ0v) is 17.1. The molecular weight excluding hydrogens is 412 g/mol. The van der Waals surface area contributed by atoms with Gasteiger partial charge in [0, 0.05) is 25.8 Å². The summed E-state index contributed by atoms with van der Waals surface area (Å²) in [7, 11) is 0. The summed E-state index contributed by atoms with van der Waals surface area (Å²) in [6.07, 6.45) is 0.872. The van der Waals surface area contributed by atoms with E-state index < -0.39 is 23.6 Å². The summed E-state index contributed by atoms with van der Waals surface area (Å²) < 4.78 is 19.7. The van der Waals surface area contributed by atoms with Gasteiger partial charge in [0.25, 0.3) is 0 Å². The molecular formula is C17H20Cl2FN5O3. The molecule has 11 heteroatoms. The first-order chi connectivity index (χ1) is 13.1. The van der Waals surface area contributed by atoms with Crippen LogP contribution in [0.15, 0.2) is 6.20 Å². The second-order valence-corrected chi connectivity index (χ2v) is 8.09. The largest absolute Gasteiger partial charge is 0.444 e. The molecule has 1 atom stereocenters. The van der Waals surface area contributed by atoms with Crippen LogP contribution < -0.4 is 4.90 Å². The monoisotopic (exact) mass is 431 g/mol. The molecule has 1 fully saturated rings. The lowest BCUT2D eigenvalue weighted by atomic mass is 10.1. The number of pyridine rings is 1. The highest BCUT2D eigenvalue weighted by Gasteiger charge is 2.34. The van der Waals surface area contributed by atoms with Gasteiger partial charge in [-0.25, -0.2) is 19.2 Å². The maximum absolute atomic E-state index is 14.3. The number of nitrogens with zero attached hydrogens (tertiary/aromatic N) is 5. The van der Waals surface area contributed by atoms with Gasteiger partial charge in [-0.3, -0.25) is 4.90 Å². The van der Waals surface area contributed by atoms with Gasteiger partial charge in [-0.1, -0.05) is 11.6 Å². The van der Waals surface area contributed by atoms with Crippen molar-refractivity contribution in [1.29, 1.82) is 0 Å². The molecule has 1 unspecified atom stereocenters. The topological polar surface area (TPSA) is 91.7 Å². The molecule has 8 nitrogen and oxygen atoms in total. The lowest BCUT2D eigenvalue weighted by Gasteiger charge is -2.41. The number of halogens is 3. The Morgan fingerprint density at radius 1 is 1.36 bits per heavy atom. The number of hydrogen-bond donors (Lipinski definition) is 1. The number of carbonyl (C=O) groups excluding carboxylic acids is 1. The fourth-order valence-electron chi connectivity index (χ4n) is 3.00. The van der Waals surface area contributed by atoms with E-state index in [1.54, 1.807) is 25.7 Å². The van der Waals surface area contributed by atoms with Crippen molar-refractivity contribution in [3.05, 3.63) is 22.5 Å². The van der Waals surface area contributed by atoms with Crippen LogP contribution in [-0.2, 0) is 4.74 Å². The van der Waals surface area contributed by atoms with Gasteiger partial charge in [-0.05, 0) is 32.4 Å². The van der Waals surface area contributed by atoms with E-state index >= 15 is 0 Å². The molecule has 2 aromatic rings. The van der Waals surface area contributed by atoms with Crippen molar-refractivity contribution in [1.82, 2.24) is 19.9 Å². The first-order valence-electron chi connectivity index (χ1n) is 8.63. The number of piperazine rings is 1. The van der Waals surface area contributed by atoms with Crippen molar-refractivity contribution < 1.29 is 19.0 Å². The number of aromatic nitrogens is 3. The zero-order chi connectivity index (χ0) is 20.6. The highest BCUT2D eigenvalue weighted by atomic mass is 35.5. The zero-order valence-electron chi connectivity index (χ0n) is 15.6. The van der Waals surface area contributed by atoms with Gasteiger partial charge in [0.05, 0.1) is 18.0 Å². The molecule has 0 spiro atoms. The van der Waals surface area contributed by atoms with Crippen LogP contribution in [-0.4, -0.2) is 68.9 Å². The Bertz CT molecular complexity index is 908. The summed E-state index contributed by atoms with van der Waals surface area (Å²) in [5.74, 6) is -0.420. The van der Waals surface area contributed by atoms with Crippen molar-refractivity contribution in [2.24, 2.45) is 0 Å². The van der Waals surface area contributed by atoms with Crippen LogP contribution in [0, 0.1) is 5.82 Å². The highest BCUT2D eigenvalue weighted by Crippen LogP contribution is 2.30. The average Bonchev–Trinajstić information content (AvgIpc) is 2.62. The summed E-state index contributed by atoms with van der Waals surface area (Å²) in [4.78, 5) is 27.6. The first-order valence-corrected chi connectivity index (χ1v) is 9.39. The van der Waals surface area contributed by atoms with E-state index in [4.69, 9.17) is 27.9 Å². The second-order valence-electron chi connectivity index (χ2n) is 7.40. The standard InChI is InChI=1S/C17H20Cl2FN5O3/c1-17(2,3)28-16(27)25-5-4-24(7-9(25)8-26)14-10-6-21-13(18)11(20)12(10)22-15(19)23-14/h6,9,26H,4-5,7-8H2,1-3H3. The van der Waals surface area contributed by atoms with E-state index in [2.05, 4.69) is 15.0 Å². The van der Waals surface area contributed by atoms with Crippen molar-refractivity contribution in [3.63, 3.8) is 0 Å². The van der Waals surface area contributed by atoms with Crippen molar-refractivity contribution in [3.8, 4) is 0 Å². The van der Waals surface area contributed by atoms with E-state index in [9.17, 15) is 14.3 Å². The molecule has 2 aromatic heterocycles. The lowest BCUT2D eigenvalue weighted by Crippen LogP contribution is -2.57. The second kappa shape index (κ2) is 7.81. The number of aliphatic hydroxyl groups excluding tert-OH is 1. The molecule has 1 aliphatic rings. The van der Waals surface area contributed by atoms with E-state index in [1.807, 2.05) is 0 Å². The fourth-order valence-corrected chi connectivity index (χ4v) is 3.30. The summed E-state index contributed by atoms with van der Waals surface area (Å²) >= 11 is 11.7. The number of hydrogen-bond acceptors (Lipinski definition) is 7. The first kappa shape index (κ1) is 20.8. The molecule has 1 amide bonds. The van der Waals surface area contributed by atoms with Crippen molar-refractivity contribution in [2.75, 3.05) is 31.1 Å². The van der Waals surface area contributed by atoms with Crippen LogP contribution in [0.4, 0.5) is 15.0 Å². The third-order valence-corrected chi connectivity index (χ3v) is 4.65. The maximum atomic E-state index is 14.3. The third-order valence-electron chi connectivity index (χ3n) is 4.22. The van der Waals surface area contributed by atoms with Crippen molar-refractivity contribution in [2.45, 2.75) is 32.4 Å². The maximum Gasteiger partial charge on any atom is 0.410 e. The molecule has 0 bridgehead atoms. The molecule has 28 heavy (non-hydrogen) atoms. The number of aliphatic hydroxyl groups is 1. The number of anilines is 1. The van der Waals surface area contributed by atoms with Gasteiger partial charge >= 0.3 is 6.09 Å². The van der Waals surface area contributed by atoms with Gasteiger partial charge in [-0.15, -0.1) is 0 Å². The van der Waals surface area contributed by atoms with Gasteiger partial charge < -0.3 is 14.7 Å². The number of amides is 1. The van der Waals surface area contributed by atoms with Crippen molar-refractivity contribution >= 4 is 46.0 Å². The van der Waals surface area contributed by atoms with Gasteiger partial charge in [0.15, 0.2) is 11.0 Å². The Hall–Kier alpha value is -1.97. The SMILES string of the molecule is CC(C)(C)OC(=O)N1CCN(c2nc(Cl)nc3c(F)c(Cl)ncc23)CC1CO. The van der Waals surface area contributed by atoms with Crippen LogP contribution in [0.25, 0.3) is 10.9 Å². The molecule has 152 valence electrons. The Morgan fingerprint density at radius 2 is 2.07 bits per heavy atom. The van der Waals surface area contributed by atoms with Crippen LogP contribution in [0.5, 0.6) is 0 Å². The number of carbonyl (C=O) groups is 1. The summed E-state index contributed by atoms with van der Waals surface area (Å²) in [6.45, 7) is 5.97. The normalized spacial score (nSPS) is 17.9. The summed E-state index contributed by atoms with van der Waals surface area (Å²) in [5.41, 5.74) is -0.683. The minimum Gasteiger partial charge on any atom is -0.444 e. The van der Waals surface area contributed by atoms with E-state index in [0.717, 1.165) is 0 Å². The predicted octanol–water partition coefficient (Wildman–Crippen LogP) is 2.89. The molecule has 1 saturated heterocycles. The van der Waals surface area contributed by atoms with Crippen LogP contribution in [0.3, 0.4) is 0 Å².